The molecule has 0 aromatic carbocycles. The van der Waals surface area contributed by atoms with E-state index in [0.717, 1.165) is 5.69 Å². The predicted molar refractivity (Wildman–Crippen MR) is 106 cm³/mol. The molecule has 132 valence electrons. The van der Waals surface area contributed by atoms with Gasteiger partial charge in [0.25, 0.3) is 0 Å². The Bertz CT molecular complexity index is 558. The third kappa shape index (κ3) is 5.08. The van der Waals surface area contributed by atoms with Crippen molar-refractivity contribution in [1.29, 1.82) is 0 Å². The molecule has 0 aliphatic heterocycles. The van der Waals surface area contributed by atoms with Crippen molar-refractivity contribution in [3.63, 3.8) is 0 Å². The number of hydrogen-bond donors (Lipinski definition) is 0. The summed E-state index contributed by atoms with van der Waals surface area (Å²) in [5.74, 6) is 0. The molecule has 3 nitrogen and oxygen atoms in total. The summed E-state index contributed by atoms with van der Waals surface area (Å²) in [6.45, 7) is 6.97. The normalized spacial score (nSPS) is 11.8. The SMILES string of the molecule is CCC[CH2][Sn]([CH2]CCC)([CH2]CCC)[c]1ccn(-c2cccnc2)n1. The molecule has 2 rings (SSSR count). The van der Waals surface area contributed by atoms with E-state index in [4.69, 9.17) is 5.10 Å². The Morgan fingerprint density at radius 1 is 0.917 bits per heavy atom. The van der Waals surface area contributed by atoms with E-state index in [1.165, 1.54) is 55.5 Å². The van der Waals surface area contributed by atoms with Crippen molar-refractivity contribution in [2.75, 3.05) is 0 Å². The zero-order chi connectivity index (χ0) is 17.3. The van der Waals surface area contributed by atoms with Gasteiger partial charge in [0.15, 0.2) is 0 Å². The monoisotopic (exact) mass is 435 g/mol. The summed E-state index contributed by atoms with van der Waals surface area (Å²) in [5, 5.41) is 5.08. The summed E-state index contributed by atoms with van der Waals surface area (Å²) < 4.78 is 7.93. The van der Waals surface area contributed by atoms with Crippen LogP contribution in [0.3, 0.4) is 0 Å². The Kier molecular flexibility index (Phi) is 8.29. The van der Waals surface area contributed by atoms with Gasteiger partial charge in [-0.15, -0.1) is 0 Å². The van der Waals surface area contributed by atoms with Crippen molar-refractivity contribution in [1.82, 2.24) is 14.8 Å². The second kappa shape index (κ2) is 10.2. The summed E-state index contributed by atoms with van der Waals surface area (Å²) in [5.41, 5.74) is 1.07. The van der Waals surface area contributed by atoms with Gasteiger partial charge < -0.3 is 0 Å². The van der Waals surface area contributed by atoms with Crippen LogP contribution < -0.4 is 3.71 Å². The van der Waals surface area contributed by atoms with Crippen molar-refractivity contribution in [3.05, 3.63) is 36.8 Å². The van der Waals surface area contributed by atoms with Crippen molar-refractivity contribution < 1.29 is 0 Å². The summed E-state index contributed by atoms with van der Waals surface area (Å²) >= 11 is -2.39. The summed E-state index contributed by atoms with van der Waals surface area (Å²) in [7, 11) is 0. The molecule has 0 saturated heterocycles. The first-order chi connectivity index (χ1) is 11.8. The molecule has 2 heterocycles. The quantitative estimate of drug-likeness (QED) is 0.448. The van der Waals surface area contributed by atoms with E-state index in [9.17, 15) is 0 Å². The topological polar surface area (TPSA) is 30.7 Å². The molecule has 0 aliphatic carbocycles. The third-order valence-corrected chi connectivity index (χ3v) is 20.2. The van der Waals surface area contributed by atoms with Crippen LogP contribution in [0, 0.1) is 0 Å². The van der Waals surface area contributed by atoms with Crippen LogP contribution in [0.25, 0.3) is 5.69 Å². The maximum absolute atomic E-state index is 5.08. The van der Waals surface area contributed by atoms with E-state index in [2.05, 4.69) is 44.1 Å². The third-order valence-electron chi connectivity index (χ3n) is 5.07. The van der Waals surface area contributed by atoms with Crippen LogP contribution in [0.4, 0.5) is 0 Å². The van der Waals surface area contributed by atoms with E-state index in [0.29, 0.717) is 0 Å². The maximum atomic E-state index is 5.08. The van der Waals surface area contributed by atoms with Gasteiger partial charge in [-0.05, 0) is 0 Å². The average Bonchev–Trinajstić information content (AvgIpc) is 3.13. The average molecular weight is 434 g/mol. The zero-order valence-corrected chi connectivity index (χ0v) is 18.5. The summed E-state index contributed by atoms with van der Waals surface area (Å²) in [4.78, 5) is 4.24. The summed E-state index contributed by atoms with van der Waals surface area (Å²) in [6.07, 6.45) is 13.9. The Balaban J connectivity index is 2.31. The predicted octanol–water partition coefficient (Wildman–Crippen LogP) is 5.32. The molecular formula is C20H33N3Sn. The van der Waals surface area contributed by atoms with Crippen molar-refractivity contribution in [2.24, 2.45) is 0 Å². The molecule has 0 aliphatic rings. The Morgan fingerprint density at radius 3 is 2.04 bits per heavy atom. The molecular weight excluding hydrogens is 401 g/mol. The van der Waals surface area contributed by atoms with Crippen LogP contribution in [-0.2, 0) is 0 Å². The molecule has 4 heteroatoms. The molecule has 0 saturated carbocycles. The van der Waals surface area contributed by atoms with Crippen LogP contribution in [0.1, 0.15) is 59.3 Å². The van der Waals surface area contributed by atoms with Gasteiger partial charge in [-0.25, -0.2) is 0 Å². The minimum atomic E-state index is -2.39. The number of aromatic nitrogens is 3. The Morgan fingerprint density at radius 2 is 1.54 bits per heavy atom. The van der Waals surface area contributed by atoms with Gasteiger partial charge in [0, 0.05) is 0 Å². The number of rotatable bonds is 11. The summed E-state index contributed by atoms with van der Waals surface area (Å²) in [6, 6.07) is 6.41. The van der Waals surface area contributed by atoms with Gasteiger partial charge in [-0.3, -0.25) is 0 Å². The van der Waals surface area contributed by atoms with Crippen LogP contribution in [0.15, 0.2) is 36.8 Å². The van der Waals surface area contributed by atoms with Gasteiger partial charge in [-0.2, -0.15) is 0 Å². The molecule has 0 unspecified atom stereocenters. The van der Waals surface area contributed by atoms with E-state index >= 15 is 0 Å². The van der Waals surface area contributed by atoms with E-state index in [1.54, 1.807) is 0 Å². The first-order valence-electron chi connectivity index (χ1n) is 9.72. The van der Waals surface area contributed by atoms with Crippen molar-refractivity contribution in [2.45, 2.75) is 72.6 Å². The van der Waals surface area contributed by atoms with Crippen molar-refractivity contribution in [3.8, 4) is 5.69 Å². The van der Waals surface area contributed by atoms with E-state index in [1.807, 2.05) is 23.1 Å². The van der Waals surface area contributed by atoms with Crippen molar-refractivity contribution >= 4 is 22.1 Å². The second-order valence-corrected chi connectivity index (χ2v) is 20.0. The first-order valence-corrected chi connectivity index (χ1v) is 17.2. The minimum absolute atomic E-state index is 1.07. The molecule has 0 radical (unpaired) electrons. The van der Waals surface area contributed by atoms with Gasteiger partial charge in [-0.1, -0.05) is 0 Å². The van der Waals surface area contributed by atoms with Gasteiger partial charge >= 0.3 is 152 Å². The number of nitrogens with zero attached hydrogens (tertiary/aromatic N) is 3. The first kappa shape index (κ1) is 19.5. The fourth-order valence-electron chi connectivity index (χ4n) is 3.54. The number of hydrogen-bond acceptors (Lipinski definition) is 2. The van der Waals surface area contributed by atoms with E-state index in [-0.39, 0.29) is 0 Å². The van der Waals surface area contributed by atoms with Crippen LogP contribution >= 0.6 is 0 Å². The molecule has 0 bridgehead atoms. The standard InChI is InChI=1S/C8H6N3.3C4H9.Sn/c1-3-8(7-9-4-1)11-6-2-5-10-11;3*1-3-4-2;/h1-4,6-7H;3*1,3-4H2,2H3;. The molecule has 0 atom stereocenters. The fraction of sp³-hybridized carbons (Fsp3) is 0.600. The van der Waals surface area contributed by atoms with Crippen LogP contribution in [-0.4, -0.2) is 33.1 Å². The molecule has 24 heavy (non-hydrogen) atoms. The van der Waals surface area contributed by atoms with Crippen LogP contribution in [0.5, 0.6) is 0 Å². The second-order valence-electron chi connectivity index (χ2n) is 6.95. The van der Waals surface area contributed by atoms with Gasteiger partial charge in [0.2, 0.25) is 0 Å². The Hall–Kier alpha value is -0.841. The molecule has 0 fully saturated rings. The molecule has 0 amide bonds. The molecule has 0 N–H and O–H groups in total. The fourth-order valence-corrected chi connectivity index (χ4v) is 18.8. The molecule has 0 spiro atoms. The van der Waals surface area contributed by atoms with Gasteiger partial charge in [0.05, 0.1) is 0 Å². The van der Waals surface area contributed by atoms with Crippen LogP contribution in [0.2, 0.25) is 13.3 Å². The Labute approximate surface area is 151 Å². The number of pyridine rings is 1. The molecule has 2 aromatic rings. The van der Waals surface area contributed by atoms with E-state index < -0.39 is 18.4 Å². The van der Waals surface area contributed by atoms with Gasteiger partial charge in [0.1, 0.15) is 0 Å². The number of unbranched alkanes of at least 4 members (excludes halogenated alkanes) is 3. The molecule has 2 aromatic heterocycles. The zero-order valence-electron chi connectivity index (χ0n) is 15.7.